The summed E-state index contributed by atoms with van der Waals surface area (Å²) in [5.74, 6) is 0.652. The van der Waals surface area contributed by atoms with E-state index in [1.807, 2.05) is 13.8 Å². The summed E-state index contributed by atoms with van der Waals surface area (Å²) >= 11 is 6.21. The highest BCUT2D eigenvalue weighted by atomic mass is 35.5. The molecule has 9 nitrogen and oxygen atoms in total. The number of hydrogen-bond acceptors (Lipinski definition) is 8. The Morgan fingerprint density at radius 3 is 2.19 bits per heavy atom. The predicted molar refractivity (Wildman–Crippen MR) is 121 cm³/mol. The summed E-state index contributed by atoms with van der Waals surface area (Å²) in [6, 6.07) is 6.58. The maximum Gasteiger partial charge on any atom is 0.258 e. The van der Waals surface area contributed by atoms with E-state index >= 15 is 0 Å². The third-order valence-electron chi connectivity index (χ3n) is 4.18. The van der Waals surface area contributed by atoms with Gasteiger partial charge in [-0.2, -0.15) is 10.2 Å². The van der Waals surface area contributed by atoms with E-state index in [4.69, 9.17) is 30.5 Å². The van der Waals surface area contributed by atoms with Crippen LogP contribution < -0.4 is 24.3 Å². The number of nitrogens with one attached hydrogen (secondary N) is 1. The molecule has 0 fully saturated rings. The van der Waals surface area contributed by atoms with Crippen LogP contribution in [0.25, 0.3) is 0 Å². The molecule has 0 saturated carbocycles. The fraction of sp³-hybridized carbons (Fsp3) is 0.364. The van der Waals surface area contributed by atoms with Gasteiger partial charge in [0.05, 0.1) is 43.8 Å². The second-order valence-corrected chi connectivity index (χ2v) is 6.81. The van der Waals surface area contributed by atoms with Gasteiger partial charge in [0.1, 0.15) is 0 Å². The molecule has 10 heteroatoms. The highest BCUT2D eigenvalue weighted by molar-refractivity contribution is 6.34. The van der Waals surface area contributed by atoms with Gasteiger partial charge in [-0.3, -0.25) is 9.59 Å². The molecule has 172 valence electrons. The lowest BCUT2D eigenvalue weighted by Crippen LogP contribution is -2.31. The monoisotopic (exact) mass is 463 g/mol. The normalized spacial score (nSPS) is 11.7. The van der Waals surface area contributed by atoms with Crippen molar-refractivity contribution in [2.75, 3.05) is 32.8 Å². The molecule has 1 amide bonds. The summed E-state index contributed by atoms with van der Waals surface area (Å²) in [6.07, 6.45) is 0. The van der Waals surface area contributed by atoms with Crippen LogP contribution in [-0.4, -0.2) is 45.2 Å². The number of benzene rings is 2. The molecule has 0 aliphatic carbocycles. The maximum absolute atomic E-state index is 12.7. The Morgan fingerprint density at radius 2 is 1.59 bits per heavy atom. The largest absolute Gasteiger partial charge is 0.493 e. The zero-order valence-electron chi connectivity index (χ0n) is 18.6. The minimum absolute atomic E-state index is 0.211. The molecule has 0 aliphatic rings. The average Bonchev–Trinajstić information content (AvgIpc) is 2.76. The number of amides is 1. The first-order valence-corrected chi connectivity index (χ1v) is 10.3. The van der Waals surface area contributed by atoms with Gasteiger partial charge in [-0.05, 0) is 32.9 Å². The van der Waals surface area contributed by atoms with Crippen molar-refractivity contribution in [3.05, 3.63) is 35.4 Å². The average molecular weight is 464 g/mol. The van der Waals surface area contributed by atoms with Gasteiger partial charge in [0.25, 0.3) is 5.91 Å². The molecular weight excluding hydrogens is 438 g/mol. The minimum Gasteiger partial charge on any atom is -0.493 e. The van der Waals surface area contributed by atoms with Crippen molar-refractivity contribution in [3.8, 4) is 23.0 Å². The van der Waals surface area contributed by atoms with Crippen molar-refractivity contribution in [1.82, 2.24) is 0 Å². The number of anilines is 1. The van der Waals surface area contributed by atoms with E-state index in [9.17, 15) is 9.59 Å². The topological polar surface area (TPSA) is 108 Å². The van der Waals surface area contributed by atoms with Crippen molar-refractivity contribution in [1.29, 1.82) is 0 Å². The predicted octanol–water partition coefficient (Wildman–Crippen LogP) is 4.83. The summed E-state index contributed by atoms with van der Waals surface area (Å²) in [5.41, 5.74) is 0.649. The summed E-state index contributed by atoms with van der Waals surface area (Å²) in [7, 11) is 2.92. The van der Waals surface area contributed by atoms with Crippen LogP contribution in [0.5, 0.6) is 23.0 Å². The highest BCUT2D eigenvalue weighted by Gasteiger charge is 2.24. The smallest absolute Gasteiger partial charge is 0.258 e. The number of Topliss-reactive ketones (excluding diaryl/α,β-unsaturated/α-hetero) is 1. The Morgan fingerprint density at radius 1 is 0.969 bits per heavy atom. The number of ether oxygens (including phenoxy) is 4. The van der Waals surface area contributed by atoms with Gasteiger partial charge >= 0.3 is 0 Å². The van der Waals surface area contributed by atoms with E-state index in [-0.39, 0.29) is 10.7 Å². The molecular formula is C22H26ClN3O6. The molecule has 1 atom stereocenters. The second-order valence-electron chi connectivity index (χ2n) is 6.40. The van der Waals surface area contributed by atoms with E-state index in [1.54, 1.807) is 18.2 Å². The van der Waals surface area contributed by atoms with E-state index in [0.717, 1.165) is 0 Å². The molecule has 0 spiro atoms. The van der Waals surface area contributed by atoms with Gasteiger partial charge in [0.15, 0.2) is 28.8 Å². The summed E-state index contributed by atoms with van der Waals surface area (Å²) in [4.78, 5) is 24.8. The van der Waals surface area contributed by atoms with E-state index in [2.05, 4.69) is 15.5 Å². The minimum atomic E-state index is -1.37. The number of rotatable bonds is 11. The van der Waals surface area contributed by atoms with Gasteiger partial charge < -0.3 is 24.3 Å². The zero-order chi connectivity index (χ0) is 23.7. The van der Waals surface area contributed by atoms with E-state index < -0.39 is 17.7 Å². The summed E-state index contributed by atoms with van der Waals surface area (Å²) < 4.78 is 21.5. The zero-order valence-corrected chi connectivity index (χ0v) is 19.4. The quantitative estimate of drug-likeness (QED) is 0.377. The Kier molecular flexibility index (Phi) is 9.27. The van der Waals surface area contributed by atoms with Crippen LogP contribution in [-0.2, 0) is 9.59 Å². The number of hydrogen-bond donors (Lipinski definition) is 1. The van der Waals surface area contributed by atoms with Gasteiger partial charge in [0.2, 0.25) is 6.04 Å². The van der Waals surface area contributed by atoms with E-state index in [1.165, 1.54) is 33.3 Å². The number of nitrogens with zero attached hydrogens (tertiary/aromatic N) is 2. The molecule has 0 saturated heterocycles. The van der Waals surface area contributed by atoms with Crippen LogP contribution in [0.1, 0.15) is 20.8 Å². The van der Waals surface area contributed by atoms with Crippen molar-refractivity contribution in [3.63, 3.8) is 0 Å². The third kappa shape index (κ3) is 6.34. The SMILES string of the molecule is CCOc1ccc(N=NC(C(C)=O)C(=O)Nc2cc(OC)c(OC)cc2Cl)cc1OCC. The van der Waals surface area contributed by atoms with Crippen molar-refractivity contribution >= 4 is 34.7 Å². The number of methoxy groups -OCH3 is 2. The van der Waals surface area contributed by atoms with Crippen LogP contribution in [0, 0.1) is 0 Å². The maximum atomic E-state index is 12.7. The highest BCUT2D eigenvalue weighted by Crippen LogP contribution is 2.36. The molecule has 0 bridgehead atoms. The Hall–Kier alpha value is -3.33. The fourth-order valence-corrected chi connectivity index (χ4v) is 2.90. The van der Waals surface area contributed by atoms with Gasteiger partial charge in [-0.1, -0.05) is 11.6 Å². The second kappa shape index (κ2) is 11.9. The molecule has 0 aliphatic heterocycles. The first-order chi connectivity index (χ1) is 15.3. The number of halogens is 1. The van der Waals surface area contributed by atoms with Gasteiger partial charge in [-0.15, -0.1) is 0 Å². The number of ketones is 1. The lowest BCUT2D eigenvalue weighted by molar-refractivity contribution is -0.126. The lowest BCUT2D eigenvalue weighted by atomic mass is 10.2. The molecule has 2 rings (SSSR count). The lowest BCUT2D eigenvalue weighted by Gasteiger charge is -2.14. The fourth-order valence-electron chi connectivity index (χ4n) is 2.70. The Bertz CT molecular complexity index is 996. The molecule has 0 heterocycles. The molecule has 2 aromatic carbocycles. The van der Waals surface area contributed by atoms with Crippen molar-refractivity contribution in [2.45, 2.75) is 26.8 Å². The Labute approximate surface area is 191 Å². The van der Waals surface area contributed by atoms with Crippen LogP contribution in [0.3, 0.4) is 0 Å². The van der Waals surface area contributed by atoms with Crippen molar-refractivity contribution < 1.29 is 28.5 Å². The van der Waals surface area contributed by atoms with Crippen molar-refractivity contribution in [2.24, 2.45) is 10.2 Å². The number of carbonyl (C=O) groups is 2. The third-order valence-corrected chi connectivity index (χ3v) is 4.49. The first kappa shape index (κ1) is 24.9. The first-order valence-electron chi connectivity index (χ1n) is 9.87. The molecule has 1 N–H and O–H groups in total. The molecule has 0 radical (unpaired) electrons. The summed E-state index contributed by atoms with van der Waals surface area (Å²) in [6.45, 7) is 5.88. The number of azo groups is 1. The Balaban J connectivity index is 2.25. The molecule has 2 aromatic rings. The van der Waals surface area contributed by atoms with Crippen LogP contribution >= 0.6 is 11.6 Å². The van der Waals surface area contributed by atoms with Gasteiger partial charge in [0, 0.05) is 18.2 Å². The van der Waals surface area contributed by atoms with Gasteiger partial charge in [-0.25, -0.2) is 0 Å². The summed E-state index contributed by atoms with van der Waals surface area (Å²) in [5, 5.41) is 10.8. The van der Waals surface area contributed by atoms with Crippen LogP contribution in [0.4, 0.5) is 11.4 Å². The standard InChI is InChI=1S/C22H26ClN3O6/c1-6-31-17-9-8-14(10-20(17)32-7-2)25-26-21(13(3)27)22(28)24-16-12-19(30-5)18(29-4)11-15(16)23/h8-12,21H,6-7H2,1-5H3,(H,24,28). The molecule has 1 unspecified atom stereocenters. The van der Waals surface area contributed by atoms with Crippen LogP contribution in [0.15, 0.2) is 40.6 Å². The van der Waals surface area contributed by atoms with E-state index in [0.29, 0.717) is 41.9 Å². The molecule has 32 heavy (non-hydrogen) atoms. The molecule has 0 aromatic heterocycles. The van der Waals surface area contributed by atoms with Crippen LogP contribution in [0.2, 0.25) is 5.02 Å². The number of carbonyl (C=O) groups excluding carboxylic acids is 2.